The smallest absolute Gasteiger partial charge is 0.203 e. The van der Waals surface area contributed by atoms with Crippen molar-refractivity contribution in [1.29, 1.82) is 0 Å². The standard InChI is InChI=1S/C18H19N3O4S/c1-22-12-5-6-13(17(26)9-12)14-10-19-20-21(14)11-7-15(23-2)18(25-4)16(8-11)24-3/h5-10,26H,1-4H3. The molecule has 26 heavy (non-hydrogen) atoms. The van der Waals surface area contributed by atoms with Gasteiger partial charge in [0.15, 0.2) is 11.5 Å². The Kier molecular flexibility index (Phi) is 5.22. The summed E-state index contributed by atoms with van der Waals surface area (Å²) >= 11 is 4.56. The van der Waals surface area contributed by atoms with Crippen LogP contribution in [0.1, 0.15) is 0 Å². The number of benzene rings is 2. The van der Waals surface area contributed by atoms with Crippen molar-refractivity contribution in [2.24, 2.45) is 0 Å². The molecule has 0 fully saturated rings. The Morgan fingerprint density at radius 3 is 2.12 bits per heavy atom. The second-order valence-corrected chi connectivity index (χ2v) is 5.78. The van der Waals surface area contributed by atoms with Crippen molar-refractivity contribution in [2.75, 3.05) is 28.4 Å². The Balaban J connectivity index is 2.15. The molecule has 0 saturated carbocycles. The summed E-state index contributed by atoms with van der Waals surface area (Å²) in [6.07, 6.45) is 1.67. The van der Waals surface area contributed by atoms with Crippen LogP contribution in [0.5, 0.6) is 23.0 Å². The second-order valence-electron chi connectivity index (χ2n) is 5.30. The van der Waals surface area contributed by atoms with Gasteiger partial charge in [-0.1, -0.05) is 5.21 Å². The van der Waals surface area contributed by atoms with Crippen molar-refractivity contribution in [3.05, 3.63) is 36.5 Å². The molecule has 136 valence electrons. The van der Waals surface area contributed by atoms with Crippen molar-refractivity contribution >= 4 is 12.6 Å². The fraction of sp³-hybridized carbons (Fsp3) is 0.222. The number of aromatic nitrogens is 3. The molecule has 3 rings (SSSR count). The number of hydrogen-bond donors (Lipinski definition) is 1. The van der Waals surface area contributed by atoms with Crippen molar-refractivity contribution < 1.29 is 18.9 Å². The molecule has 1 heterocycles. The molecule has 0 aliphatic carbocycles. The summed E-state index contributed by atoms with van der Waals surface area (Å²) in [6, 6.07) is 9.23. The van der Waals surface area contributed by atoms with Gasteiger partial charge in [0.1, 0.15) is 5.75 Å². The van der Waals surface area contributed by atoms with Gasteiger partial charge in [0.05, 0.1) is 46.0 Å². The first-order chi connectivity index (χ1) is 12.6. The van der Waals surface area contributed by atoms with E-state index < -0.39 is 0 Å². The van der Waals surface area contributed by atoms with E-state index in [1.54, 1.807) is 51.5 Å². The Labute approximate surface area is 156 Å². The lowest BCUT2D eigenvalue weighted by Crippen LogP contribution is -2.03. The molecule has 3 aromatic rings. The first-order valence-corrected chi connectivity index (χ1v) is 8.16. The van der Waals surface area contributed by atoms with Gasteiger partial charge in [-0.25, -0.2) is 4.68 Å². The minimum absolute atomic E-state index is 0.514. The quantitative estimate of drug-likeness (QED) is 0.669. The van der Waals surface area contributed by atoms with Gasteiger partial charge < -0.3 is 18.9 Å². The highest BCUT2D eigenvalue weighted by Crippen LogP contribution is 2.40. The Hall–Kier alpha value is -2.87. The van der Waals surface area contributed by atoms with Gasteiger partial charge in [0.25, 0.3) is 0 Å². The van der Waals surface area contributed by atoms with Gasteiger partial charge in [-0.3, -0.25) is 0 Å². The molecular formula is C18H19N3O4S. The summed E-state index contributed by atoms with van der Waals surface area (Å²) in [6.45, 7) is 0. The zero-order valence-corrected chi connectivity index (χ0v) is 15.8. The van der Waals surface area contributed by atoms with Gasteiger partial charge in [0, 0.05) is 22.6 Å². The normalized spacial score (nSPS) is 10.5. The summed E-state index contributed by atoms with van der Waals surface area (Å²) in [5, 5.41) is 8.25. The Morgan fingerprint density at radius 2 is 1.58 bits per heavy atom. The molecule has 8 heteroatoms. The number of nitrogens with zero attached hydrogens (tertiary/aromatic N) is 3. The van der Waals surface area contributed by atoms with Gasteiger partial charge >= 0.3 is 0 Å². The molecule has 0 radical (unpaired) electrons. The maximum Gasteiger partial charge on any atom is 0.203 e. The monoisotopic (exact) mass is 373 g/mol. The highest BCUT2D eigenvalue weighted by molar-refractivity contribution is 7.80. The summed E-state index contributed by atoms with van der Waals surface area (Å²) < 4.78 is 23.1. The molecule has 0 atom stereocenters. The topological polar surface area (TPSA) is 67.6 Å². The Morgan fingerprint density at radius 1 is 0.885 bits per heavy atom. The predicted molar refractivity (Wildman–Crippen MR) is 100 cm³/mol. The molecule has 0 N–H and O–H groups in total. The number of rotatable bonds is 6. The first kappa shape index (κ1) is 17.9. The maximum atomic E-state index is 5.42. The van der Waals surface area contributed by atoms with Crippen molar-refractivity contribution in [3.63, 3.8) is 0 Å². The van der Waals surface area contributed by atoms with Crippen LogP contribution in [0.2, 0.25) is 0 Å². The molecule has 0 aliphatic rings. The van der Waals surface area contributed by atoms with Crippen LogP contribution in [-0.4, -0.2) is 43.4 Å². The van der Waals surface area contributed by atoms with Crippen LogP contribution in [0, 0.1) is 0 Å². The zero-order valence-electron chi connectivity index (χ0n) is 14.9. The first-order valence-electron chi connectivity index (χ1n) is 7.71. The van der Waals surface area contributed by atoms with Crippen LogP contribution < -0.4 is 18.9 Å². The molecule has 1 aromatic heterocycles. The van der Waals surface area contributed by atoms with E-state index in [1.807, 2.05) is 18.2 Å². The van der Waals surface area contributed by atoms with E-state index in [1.165, 1.54) is 0 Å². The molecule has 2 aromatic carbocycles. The fourth-order valence-electron chi connectivity index (χ4n) is 2.65. The van der Waals surface area contributed by atoms with Crippen LogP contribution >= 0.6 is 12.6 Å². The van der Waals surface area contributed by atoms with Crippen LogP contribution in [0.3, 0.4) is 0 Å². The van der Waals surface area contributed by atoms with Gasteiger partial charge in [0.2, 0.25) is 5.75 Å². The van der Waals surface area contributed by atoms with E-state index >= 15 is 0 Å². The van der Waals surface area contributed by atoms with Crippen LogP contribution in [0.25, 0.3) is 16.9 Å². The molecule has 0 spiro atoms. The number of ether oxygens (including phenoxy) is 4. The number of methoxy groups -OCH3 is 4. The van der Waals surface area contributed by atoms with E-state index in [9.17, 15) is 0 Å². The van der Waals surface area contributed by atoms with Gasteiger partial charge in [-0.2, -0.15) is 0 Å². The van der Waals surface area contributed by atoms with Crippen LogP contribution in [0.15, 0.2) is 41.4 Å². The number of thiol groups is 1. The molecule has 0 amide bonds. The third kappa shape index (κ3) is 3.15. The largest absolute Gasteiger partial charge is 0.497 e. The van der Waals surface area contributed by atoms with Crippen molar-refractivity contribution in [1.82, 2.24) is 15.0 Å². The second kappa shape index (κ2) is 7.57. The van der Waals surface area contributed by atoms with Crippen molar-refractivity contribution in [3.8, 4) is 39.9 Å². The molecule has 0 saturated heterocycles. The molecular weight excluding hydrogens is 354 g/mol. The van der Waals surface area contributed by atoms with Crippen LogP contribution in [-0.2, 0) is 0 Å². The minimum atomic E-state index is 0.514. The number of hydrogen-bond acceptors (Lipinski definition) is 7. The predicted octanol–water partition coefficient (Wildman–Crippen LogP) is 3.26. The summed E-state index contributed by atoms with van der Waals surface area (Å²) in [4.78, 5) is 0.750. The molecule has 0 unspecified atom stereocenters. The molecule has 0 aliphatic heterocycles. The highest BCUT2D eigenvalue weighted by Gasteiger charge is 2.18. The third-order valence-corrected chi connectivity index (χ3v) is 4.29. The van der Waals surface area contributed by atoms with Gasteiger partial charge in [-0.15, -0.1) is 17.7 Å². The van der Waals surface area contributed by atoms with E-state index in [2.05, 4.69) is 22.9 Å². The van der Waals surface area contributed by atoms with E-state index in [-0.39, 0.29) is 0 Å². The maximum absolute atomic E-state index is 5.42. The fourth-order valence-corrected chi connectivity index (χ4v) is 2.97. The highest BCUT2D eigenvalue weighted by atomic mass is 32.1. The summed E-state index contributed by atoms with van der Waals surface area (Å²) in [5.74, 6) is 2.30. The van der Waals surface area contributed by atoms with Crippen molar-refractivity contribution in [2.45, 2.75) is 4.90 Å². The molecule has 0 bridgehead atoms. The average molecular weight is 373 g/mol. The lowest BCUT2D eigenvalue weighted by atomic mass is 10.1. The summed E-state index contributed by atoms with van der Waals surface area (Å²) in [5.41, 5.74) is 2.36. The third-order valence-electron chi connectivity index (χ3n) is 3.92. The summed E-state index contributed by atoms with van der Waals surface area (Å²) in [7, 11) is 6.31. The van der Waals surface area contributed by atoms with E-state index in [0.29, 0.717) is 17.2 Å². The molecule has 7 nitrogen and oxygen atoms in total. The van der Waals surface area contributed by atoms with E-state index in [4.69, 9.17) is 18.9 Å². The minimum Gasteiger partial charge on any atom is -0.497 e. The van der Waals surface area contributed by atoms with Gasteiger partial charge in [-0.05, 0) is 18.2 Å². The Bertz CT molecular complexity index is 902. The lowest BCUT2D eigenvalue weighted by Gasteiger charge is -2.15. The van der Waals surface area contributed by atoms with E-state index in [0.717, 1.165) is 27.6 Å². The average Bonchev–Trinajstić information content (AvgIpc) is 3.15. The van der Waals surface area contributed by atoms with Crippen LogP contribution in [0.4, 0.5) is 0 Å². The lowest BCUT2D eigenvalue weighted by molar-refractivity contribution is 0.324. The zero-order chi connectivity index (χ0) is 18.7. The SMILES string of the molecule is COc1ccc(-c2cnnn2-c2cc(OC)c(OC)c(OC)c2)c(S)c1.